The van der Waals surface area contributed by atoms with Crippen molar-refractivity contribution in [3.63, 3.8) is 0 Å². The molecule has 1 N–H and O–H groups in total. The van der Waals surface area contributed by atoms with E-state index in [1.165, 1.54) is 52.1 Å². The minimum atomic E-state index is 0. The number of aliphatic imine (C=N–C) groups is 1. The molecule has 1 heterocycles. The van der Waals surface area contributed by atoms with Crippen LogP contribution in [-0.4, -0.2) is 87.1 Å². The van der Waals surface area contributed by atoms with E-state index in [2.05, 4.69) is 45.6 Å². The summed E-state index contributed by atoms with van der Waals surface area (Å²) in [6.45, 7) is 15.4. The van der Waals surface area contributed by atoms with Gasteiger partial charge in [-0.3, -0.25) is 4.99 Å². The van der Waals surface area contributed by atoms with Crippen molar-refractivity contribution in [1.82, 2.24) is 20.0 Å². The number of halogens is 1. The average Bonchev–Trinajstić information content (AvgIpc) is 2.58. The van der Waals surface area contributed by atoms with E-state index in [9.17, 15) is 0 Å². The summed E-state index contributed by atoms with van der Waals surface area (Å²) in [4.78, 5) is 11.7. The molecule has 142 valence electrons. The highest BCUT2D eigenvalue weighted by molar-refractivity contribution is 14.0. The minimum absolute atomic E-state index is 0. The molecule has 0 aliphatic carbocycles. The first kappa shape index (κ1) is 23.7. The Morgan fingerprint density at radius 1 is 1.17 bits per heavy atom. The van der Waals surface area contributed by atoms with Crippen molar-refractivity contribution in [2.45, 2.75) is 32.6 Å². The lowest BCUT2D eigenvalue weighted by molar-refractivity contribution is 0.136. The van der Waals surface area contributed by atoms with Crippen LogP contribution in [0, 0.1) is 0 Å². The van der Waals surface area contributed by atoms with Crippen LogP contribution in [0.5, 0.6) is 0 Å². The van der Waals surface area contributed by atoms with Gasteiger partial charge in [-0.05, 0) is 38.8 Å². The zero-order valence-corrected chi connectivity index (χ0v) is 18.3. The first-order valence-corrected chi connectivity index (χ1v) is 9.18. The molecule has 0 aromatic rings. The van der Waals surface area contributed by atoms with Crippen LogP contribution in [0.2, 0.25) is 0 Å². The van der Waals surface area contributed by atoms with Gasteiger partial charge in [0.05, 0.1) is 0 Å². The summed E-state index contributed by atoms with van der Waals surface area (Å²) in [7, 11) is 3.96. The van der Waals surface area contributed by atoms with Crippen molar-refractivity contribution in [3.8, 4) is 0 Å². The third-order valence-electron chi connectivity index (χ3n) is 4.57. The molecule has 0 bridgehead atoms. The molecule has 0 unspecified atom stereocenters. The van der Waals surface area contributed by atoms with Crippen LogP contribution in [0.3, 0.4) is 0 Å². The molecule has 5 nitrogen and oxygen atoms in total. The molecule has 0 saturated carbocycles. The van der Waals surface area contributed by atoms with E-state index in [1.807, 2.05) is 13.1 Å². The number of hydrogen-bond acceptors (Lipinski definition) is 3. The fraction of sp³-hybridized carbons (Fsp3) is 0.833. The van der Waals surface area contributed by atoms with Crippen LogP contribution in [-0.2, 0) is 0 Å². The zero-order chi connectivity index (χ0) is 16.9. The van der Waals surface area contributed by atoms with Gasteiger partial charge in [0, 0.05) is 53.4 Å². The van der Waals surface area contributed by atoms with E-state index < -0.39 is 0 Å². The van der Waals surface area contributed by atoms with Crippen molar-refractivity contribution in [1.29, 1.82) is 0 Å². The van der Waals surface area contributed by atoms with E-state index >= 15 is 0 Å². The van der Waals surface area contributed by atoms with Crippen LogP contribution in [0.4, 0.5) is 0 Å². The van der Waals surface area contributed by atoms with Gasteiger partial charge in [-0.25, -0.2) is 0 Å². The lowest BCUT2D eigenvalue weighted by Crippen LogP contribution is -2.46. The quantitative estimate of drug-likeness (QED) is 0.182. The normalized spacial score (nSPS) is 16.5. The number of hydrogen-bond donors (Lipinski definition) is 1. The first-order valence-electron chi connectivity index (χ1n) is 9.18. The van der Waals surface area contributed by atoms with E-state index in [4.69, 9.17) is 0 Å². The molecule has 0 atom stereocenters. The Morgan fingerprint density at radius 3 is 2.42 bits per heavy atom. The highest BCUT2D eigenvalue weighted by atomic mass is 127. The smallest absolute Gasteiger partial charge is 0.193 e. The molecule has 24 heavy (non-hydrogen) atoms. The predicted octanol–water partition coefficient (Wildman–Crippen LogP) is 2.50. The summed E-state index contributed by atoms with van der Waals surface area (Å²) < 4.78 is 0. The number of guanidine groups is 1. The molecule has 1 aliphatic heterocycles. The summed E-state index contributed by atoms with van der Waals surface area (Å²) in [6.07, 6.45) is 6.63. The predicted molar refractivity (Wildman–Crippen MR) is 117 cm³/mol. The third-order valence-corrected chi connectivity index (χ3v) is 4.57. The highest BCUT2D eigenvalue weighted by Gasteiger charge is 2.14. The second-order valence-electron chi connectivity index (χ2n) is 6.31. The molecule has 0 spiro atoms. The van der Waals surface area contributed by atoms with Crippen LogP contribution in [0.25, 0.3) is 0 Å². The Bertz CT molecular complexity index is 340. The van der Waals surface area contributed by atoms with E-state index in [-0.39, 0.29) is 24.0 Å². The van der Waals surface area contributed by atoms with Gasteiger partial charge in [-0.1, -0.05) is 13.0 Å². The summed E-state index contributed by atoms with van der Waals surface area (Å²) >= 11 is 0. The fourth-order valence-corrected chi connectivity index (χ4v) is 2.95. The van der Waals surface area contributed by atoms with E-state index in [0.29, 0.717) is 0 Å². The topological polar surface area (TPSA) is 34.1 Å². The molecule has 1 rings (SSSR count). The minimum Gasteiger partial charge on any atom is -0.356 e. The monoisotopic (exact) mass is 451 g/mol. The van der Waals surface area contributed by atoms with Gasteiger partial charge in [0.15, 0.2) is 5.96 Å². The molecular formula is C18H38IN5. The second-order valence-corrected chi connectivity index (χ2v) is 6.31. The van der Waals surface area contributed by atoms with Crippen LogP contribution in [0.15, 0.2) is 17.6 Å². The van der Waals surface area contributed by atoms with E-state index in [1.54, 1.807) is 0 Å². The molecule has 6 heteroatoms. The number of nitrogens with one attached hydrogen (secondary N) is 1. The highest BCUT2D eigenvalue weighted by Crippen LogP contribution is 2.03. The Morgan fingerprint density at radius 2 is 1.83 bits per heavy atom. The van der Waals surface area contributed by atoms with Crippen molar-refractivity contribution >= 4 is 29.9 Å². The molecule has 0 aromatic heterocycles. The van der Waals surface area contributed by atoms with Crippen molar-refractivity contribution in [2.24, 2.45) is 4.99 Å². The average molecular weight is 451 g/mol. The number of nitrogens with zero attached hydrogens (tertiary/aromatic N) is 4. The molecule has 1 saturated heterocycles. The molecule has 0 amide bonds. The molecular weight excluding hydrogens is 413 g/mol. The Balaban J connectivity index is 0.00000529. The van der Waals surface area contributed by atoms with Gasteiger partial charge in [-0.2, -0.15) is 0 Å². The van der Waals surface area contributed by atoms with Crippen molar-refractivity contribution in [2.75, 3.05) is 66.5 Å². The standard InChI is InChI=1S/C18H37N5.HI/c1-5-7-9-12-21(4)18(19-3)20-11-8-10-13-23-16-14-22(6-2)15-17-23;/h5H,1,6-17H2,2-4H3,(H,19,20);1H. The summed E-state index contributed by atoms with van der Waals surface area (Å²) in [5, 5.41) is 3.47. The maximum Gasteiger partial charge on any atom is 0.193 e. The van der Waals surface area contributed by atoms with Crippen LogP contribution < -0.4 is 5.32 Å². The largest absolute Gasteiger partial charge is 0.356 e. The van der Waals surface area contributed by atoms with Crippen molar-refractivity contribution in [3.05, 3.63) is 12.7 Å². The molecule has 0 radical (unpaired) electrons. The Labute approximate surface area is 166 Å². The summed E-state index contributed by atoms with van der Waals surface area (Å²) in [6, 6.07) is 0. The van der Waals surface area contributed by atoms with Crippen molar-refractivity contribution < 1.29 is 0 Å². The Kier molecular flexibility index (Phi) is 14.7. The van der Waals surface area contributed by atoms with Gasteiger partial charge >= 0.3 is 0 Å². The van der Waals surface area contributed by atoms with Gasteiger partial charge in [-0.15, -0.1) is 30.6 Å². The number of piperazine rings is 1. The van der Waals surface area contributed by atoms with Gasteiger partial charge in [0.1, 0.15) is 0 Å². The van der Waals surface area contributed by atoms with Crippen LogP contribution in [0.1, 0.15) is 32.6 Å². The summed E-state index contributed by atoms with van der Waals surface area (Å²) in [5.74, 6) is 1.01. The maximum absolute atomic E-state index is 4.36. The van der Waals surface area contributed by atoms with Gasteiger partial charge < -0.3 is 20.0 Å². The Hall–Kier alpha value is -0.340. The fourth-order valence-electron chi connectivity index (χ4n) is 2.95. The van der Waals surface area contributed by atoms with E-state index in [0.717, 1.165) is 31.9 Å². The third kappa shape index (κ3) is 9.84. The van der Waals surface area contributed by atoms with Crippen LogP contribution >= 0.6 is 24.0 Å². The zero-order valence-electron chi connectivity index (χ0n) is 16.0. The molecule has 0 aromatic carbocycles. The van der Waals surface area contributed by atoms with Gasteiger partial charge in [0.2, 0.25) is 0 Å². The second kappa shape index (κ2) is 15.0. The SMILES string of the molecule is C=CCCCN(C)C(=NC)NCCCCN1CCN(CC)CC1.I. The molecule has 1 fully saturated rings. The maximum atomic E-state index is 4.36. The number of rotatable bonds is 10. The first-order chi connectivity index (χ1) is 11.2. The number of unbranched alkanes of at least 4 members (excludes halogenated alkanes) is 2. The number of allylic oxidation sites excluding steroid dienone is 1. The summed E-state index contributed by atoms with van der Waals surface area (Å²) in [5.41, 5.74) is 0. The van der Waals surface area contributed by atoms with Gasteiger partial charge in [0.25, 0.3) is 0 Å². The molecule has 1 aliphatic rings. The lowest BCUT2D eigenvalue weighted by atomic mass is 10.2. The number of likely N-dealkylation sites (N-methyl/N-ethyl adjacent to an activating group) is 1. The lowest BCUT2D eigenvalue weighted by Gasteiger charge is -2.34.